The average molecular weight is 271 g/mol. The van der Waals surface area contributed by atoms with E-state index in [1.807, 2.05) is 0 Å². The molecule has 0 aliphatic rings. The predicted molar refractivity (Wildman–Crippen MR) is 43.0 cm³/mol. The SMILES string of the molecule is FC(F)(F)c1c[c]ccc1I. The molecule has 1 rings (SSSR count). The van der Waals surface area contributed by atoms with Gasteiger partial charge in [0.15, 0.2) is 0 Å². The van der Waals surface area contributed by atoms with Crippen LogP contribution in [0.25, 0.3) is 0 Å². The van der Waals surface area contributed by atoms with Crippen molar-refractivity contribution in [3.8, 4) is 0 Å². The molecule has 1 aromatic carbocycles. The Kier molecular flexibility index (Phi) is 2.41. The Balaban J connectivity index is 3.14. The minimum atomic E-state index is -4.26. The summed E-state index contributed by atoms with van der Waals surface area (Å²) in [5.41, 5.74) is -0.624. The molecule has 59 valence electrons. The molecule has 0 aliphatic heterocycles. The van der Waals surface area contributed by atoms with Crippen LogP contribution >= 0.6 is 22.6 Å². The number of halogens is 4. The standard InChI is InChI=1S/C7H3F3I/c8-7(9,10)5-3-1-2-4-6(5)11/h2-4H. The van der Waals surface area contributed by atoms with E-state index in [2.05, 4.69) is 6.07 Å². The third-order valence-corrected chi connectivity index (χ3v) is 2.06. The quantitative estimate of drug-likeness (QED) is 0.636. The zero-order valence-corrected chi connectivity index (χ0v) is 7.40. The van der Waals surface area contributed by atoms with E-state index in [0.717, 1.165) is 6.07 Å². The summed E-state index contributed by atoms with van der Waals surface area (Å²) in [6.45, 7) is 0. The summed E-state index contributed by atoms with van der Waals surface area (Å²) in [7, 11) is 0. The Morgan fingerprint density at radius 1 is 1.36 bits per heavy atom. The van der Waals surface area contributed by atoms with Gasteiger partial charge in [-0.05, 0) is 40.8 Å². The maximum Gasteiger partial charge on any atom is 0.417 e. The molecule has 0 aromatic heterocycles. The summed E-state index contributed by atoms with van der Waals surface area (Å²) in [6.07, 6.45) is -4.26. The van der Waals surface area contributed by atoms with Crippen molar-refractivity contribution in [2.45, 2.75) is 6.18 Å². The largest absolute Gasteiger partial charge is 0.417 e. The molecule has 1 radical (unpaired) electrons. The van der Waals surface area contributed by atoms with Crippen LogP contribution in [0, 0.1) is 9.64 Å². The molecule has 0 amide bonds. The lowest BCUT2D eigenvalue weighted by Gasteiger charge is -2.06. The molecule has 0 nitrogen and oxygen atoms in total. The van der Waals surface area contributed by atoms with Crippen LogP contribution in [0.5, 0.6) is 0 Å². The van der Waals surface area contributed by atoms with E-state index in [1.54, 1.807) is 22.6 Å². The van der Waals surface area contributed by atoms with E-state index in [4.69, 9.17) is 0 Å². The normalized spacial score (nSPS) is 11.6. The van der Waals surface area contributed by atoms with Crippen LogP contribution in [0.4, 0.5) is 13.2 Å². The zero-order valence-electron chi connectivity index (χ0n) is 5.24. The van der Waals surface area contributed by atoms with Crippen LogP contribution < -0.4 is 0 Å². The zero-order chi connectivity index (χ0) is 8.48. The summed E-state index contributed by atoms with van der Waals surface area (Å²) in [4.78, 5) is 0. The maximum absolute atomic E-state index is 12.0. The summed E-state index contributed by atoms with van der Waals surface area (Å²) in [5, 5.41) is 0. The Morgan fingerprint density at radius 3 is 2.36 bits per heavy atom. The van der Waals surface area contributed by atoms with Crippen molar-refractivity contribution in [1.82, 2.24) is 0 Å². The van der Waals surface area contributed by atoms with Gasteiger partial charge in [-0.15, -0.1) is 0 Å². The average Bonchev–Trinajstić information content (AvgIpc) is 1.86. The first-order valence-electron chi connectivity index (χ1n) is 2.74. The molecule has 0 spiro atoms. The molecule has 1 aromatic rings. The van der Waals surface area contributed by atoms with Crippen LogP contribution in [0.2, 0.25) is 0 Å². The lowest BCUT2D eigenvalue weighted by Crippen LogP contribution is -2.06. The molecule has 0 fully saturated rings. The first kappa shape index (κ1) is 8.83. The smallest absolute Gasteiger partial charge is 0.166 e. The van der Waals surface area contributed by atoms with Gasteiger partial charge in [-0.3, -0.25) is 0 Å². The number of benzene rings is 1. The van der Waals surface area contributed by atoms with Gasteiger partial charge in [0.2, 0.25) is 0 Å². The van der Waals surface area contributed by atoms with Gasteiger partial charge in [-0.1, -0.05) is 6.07 Å². The van der Waals surface area contributed by atoms with Gasteiger partial charge < -0.3 is 0 Å². The summed E-state index contributed by atoms with van der Waals surface area (Å²) >= 11 is 1.65. The second-order valence-electron chi connectivity index (χ2n) is 1.90. The van der Waals surface area contributed by atoms with Crippen molar-refractivity contribution >= 4 is 22.6 Å². The summed E-state index contributed by atoms with van der Waals surface area (Å²) in [5.74, 6) is 0. The number of alkyl halides is 3. The lowest BCUT2D eigenvalue weighted by atomic mass is 10.2. The monoisotopic (exact) mass is 271 g/mol. The molecule has 4 heteroatoms. The predicted octanol–water partition coefficient (Wildman–Crippen LogP) is 3.11. The van der Waals surface area contributed by atoms with Gasteiger partial charge in [-0.2, -0.15) is 13.2 Å². The highest BCUT2D eigenvalue weighted by Crippen LogP contribution is 2.31. The van der Waals surface area contributed by atoms with Gasteiger partial charge in [0, 0.05) is 3.57 Å². The van der Waals surface area contributed by atoms with Crippen LogP contribution in [-0.4, -0.2) is 0 Å². The van der Waals surface area contributed by atoms with E-state index in [0.29, 0.717) is 0 Å². The van der Waals surface area contributed by atoms with Crippen LogP contribution in [0.1, 0.15) is 5.56 Å². The Hall–Kier alpha value is -0.260. The third kappa shape index (κ3) is 2.08. The molecular weight excluding hydrogens is 268 g/mol. The molecule has 0 heterocycles. The molecule has 0 saturated heterocycles. The fourth-order valence-corrected chi connectivity index (χ4v) is 1.27. The first-order chi connectivity index (χ1) is 5.02. The van der Waals surface area contributed by atoms with Crippen LogP contribution in [0.15, 0.2) is 18.2 Å². The third-order valence-electron chi connectivity index (χ3n) is 1.12. The van der Waals surface area contributed by atoms with Crippen molar-refractivity contribution in [3.63, 3.8) is 0 Å². The van der Waals surface area contributed by atoms with Crippen LogP contribution in [0.3, 0.4) is 0 Å². The molecule has 0 saturated carbocycles. The van der Waals surface area contributed by atoms with Gasteiger partial charge in [0.1, 0.15) is 0 Å². The number of hydrogen-bond donors (Lipinski definition) is 0. The highest BCUT2D eigenvalue weighted by Gasteiger charge is 2.32. The summed E-state index contributed by atoms with van der Waals surface area (Å²) in [6, 6.07) is 6.16. The highest BCUT2D eigenvalue weighted by molar-refractivity contribution is 14.1. The first-order valence-corrected chi connectivity index (χ1v) is 3.82. The van der Waals surface area contributed by atoms with Gasteiger partial charge in [0.05, 0.1) is 5.56 Å². The fourth-order valence-electron chi connectivity index (χ4n) is 0.629. The van der Waals surface area contributed by atoms with E-state index >= 15 is 0 Å². The molecule has 0 unspecified atom stereocenters. The Morgan fingerprint density at radius 2 is 2.00 bits per heavy atom. The fraction of sp³-hybridized carbons (Fsp3) is 0.143. The van der Waals surface area contributed by atoms with Crippen molar-refractivity contribution < 1.29 is 13.2 Å². The van der Waals surface area contributed by atoms with Gasteiger partial charge in [0.25, 0.3) is 0 Å². The molecule has 0 aliphatic carbocycles. The van der Waals surface area contributed by atoms with Crippen LogP contribution in [-0.2, 0) is 6.18 Å². The highest BCUT2D eigenvalue weighted by atomic mass is 127. The topological polar surface area (TPSA) is 0 Å². The van der Waals surface area contributed by atoms with Gasteiger partial charge >= 0.3 is 6.18 Å². The molecule has 0 N–H and O–H groups in total. The minimum absolute atomic E-state index is 0.203. The molecule has 11 heavy (non-hydrogen) atoms. The summed E-state index contributed by atoms with van der Waals surface area (Å²) < 4.78 is 36.3. The second kappa shape index (κ2) is 3.00. The lowest BCUT2D eigenvalue weighted by molar-refractivity contribution is -0.138. The second-order valence-corrected chi connectivity index (χ2v) is 3.07. The maximum atomic E-state index is 12.0. The molecular formula is C7H3F3I. The van der Waals surface area contributed by atoms with E-state index in [1.165, 1.54) is 12.1 Å². The van der Waals surface area contributed by atoms with Crippen molar-refractivity contribution in [2.75, 3.05) is 0 Å². The Bertz CT molecular complexity index is 254. The molecule has 0 atom stereocenters. The van der Waals surface area contributed by atoms with E-state index in [-0.39, 0.29) is 3.57 Å². The Labute approximate surface area is 75.6 Å². The van der Waals surface area contributed by atoms with E-state index in [9.17, 15) is 13.2 Å². The number of rotatable bonds is 0. The number of hydrogen-bond acceptors (Lipinski definition) is 0. The minimum Gasteiger partial charge on any atom is -0.166 e. The van der Waals surface area contributed by atoms with Crippen molar-refractivity contribution in [3.05, 3.63) is 33.4 Å². The van der Waals surface area contributed by atoms with E-state index < -0.39 is 11.7 Å². The van der Waals surface area contributed by atoms with Crippen molar-refractivity contribution in [1.29, 1.82) is 0 Å². The van der Waals surface area contributed by atoms with Crippen molar-refractivity contribution in [2.24, 2.45) is 0 Å². The van der Waals surface area contributed by atoms with Gasteiger partial charge in [-0.25, -0.2) is 0 Å². The molecule has 0 bridgehead atoms.